The number of carbonyl (C=O) groups is 1. The smallest absolute Gasteiger partial charge is 0.393 e. The molecule has 0 saturated heterocycles. The fourth-order valence-corrected chi connectivity index (χ4v) is 4.46. The summed E-state index contributed by atoms with van der Waals surface area (Å²) in [6, 6.07) is 5.43. The zero-order chi connectivity index (χ0) is 25.1. The molecule has 1 aromatic carbocycles. The predicted molar refractivity (Wildman–Crippen MR) is 128 cm³/mol. The Balaban J connectivity index is 1.84. The molecule has 7 heteroatoms. The fraction of sp³-hybridized carbons (Fsp3) is 0.593. The number of aliphatic hydroxyl groups excluding tert-OH is 2. The van der Waals surface area contributed by atoms with Crippen LogP contribution in [0.5, 0.6) is 0 Å². The number of unbranched alkanes of at least 4 members (excludes halogenated alkanes) is 1. The number of benzene rings is 1. The summed E-state index contributed by atoms with van der Waals surface area (Å²) >= 11 is 0. The highest BCUT2D eigenvalue weighted by Crippen LogP contribution is 2.36. The van der Waals surface area contributed by atoms with Gasteiger partial charge in [-0.25, -0.2) is 0 Å². The van der Waals surface area contributed by atoms with Gasteiger partial charge in [0.15, 0.2) is 0 Å². The second kappa shape index (κ2) is 13.7. The first-order valence-electron chi connectivity index (χ1n) is 12.2. The van der Waals surface area contributed by atoms with Crippen molar-refractivity contribution in [3.63, 3.8) is 0 Å². The molecule has 1 amide bonds. The van der Waals surface area contributed by atoms with E-state index in [1.807, 2.05) is 38.2 Å². The van der Waals surface area contributed by atoms with Crippen LogP contribution in [-0.2, 0) is 17.4 Å². The minimum absolute atomic E-state index is 0.0533. The van der Waals surface area contributed by atoms with Gasteiger partial charge in [-0.15, -0.1) is 0 Å². The van der Waals surface area contributed by atoms with E-state index in [1.165, 1.54) is 12.1 Å². The lowest BCUT2D eigenvalue weighted by atomic mass is 9.88. The van der Waals surface area contributed by atoms with Crippen molar-refractivity contribution in [1.29, 1.82) is 0 Å². The van der Waals surface area contributed by atoms with E-state index in [4.69, 9.17) is 0 Å². The zero-order valence-electron chi connectivity index (χ0n) is 20.1. The SMILES string of the molecule is CCNC(=O)CCCC=CC[C@@H]1[C@@H](C=C[C@@H](C)CCc2cccc(C(F)(F)F)c2)[C@H](O)C[C@@H]1O. The van der Waals surface area contributed by atoms with Gasteiger partial charge in [0.1, 0.15) is 0 Å². The molecule has 0 spiro atoms. The van der Waals surface area contributed by atoms with Crippen molar-refractivity contribution in [2.75, 3.05) is 6.54 Å². The van der Waals surface area contributed by atoms with E-state index in [0.717, 1.165) is 18.9 Å². The lowest BCUT2D eigenvalue weighted by molar-refractivity contribution is -0.137. The second-order valence-corrected chi connectivity index (χ2v) is 9.26. The van der Waals surface area contributed by atoms with Crippen molar-refractivity contribution in [2.24, 2.45) is 17.8 Å². The van der Waals surface area contributed by atoms with E-state index < -0.39 is 23.9 Å². The summed E-state index contributed by atoms with van der Waals surface area (Å²) in [5, 5.41) is 23.6. The van der Waals surface area contributed by atoms with E-state index in [0.29, 0.717) is 44.2 Å². The van der Waals surface area contributed by atoms with E-state index in [1.54, 1.807) is 6.07 Å². The molecule has 190 valence electrons. The minimum atomic E-state index is -4.34. The van der Waals surface area contributed by atoms with Gasteiger partial charge in [0.2, 0.25) is 5.91 Å². The van der Waals surface area contributed by atoms with Crippen molar-refractivity contribution >= 4 is 5.91 Å². The summed E-state index contributed by atoms with van der Waals surface area (Å²) in [6.07, 6.45) is 6.73. The predicted octanol–water partition coefficient (Wildman–Crippen LogP) is 5.44. The van der Waals surface area contributed by atoms with Crippen LogP contribution in [0.1, 0.15) is 63.5 Å². The standard InChI is InChI=1S/C27H38F3NO3/c1-3-31-26(34)12-7-5-4-6-11-22-23(25(33)18-24(22)32)16-14-19(2)13-15-20-9-8-10-21(17-20)27(28,29)30/h4,6,8-10,14,16-17,19,22-25,32-33H,3,5,7,11-13,15,18H2,1-2H3,(H,31,34)/t19-,22+,23+,24-,25+/m0/s1. The van der Waals surface area contributed by atoms with Gasteiger partial charge in [-0.2, -0.15) is 13.2 Å². The summed E-state index contributed by atoms with van der Waals surface area (Å²) in [4.78, 5) is 11.5. The molecule has 0 unspecified atom stereocenters. The normalized spacial score (nSPS) is 24.2. The average molecular weight is 482 g/mol. The van der Waals surface area contributed by atoms with Gasteiger partial charge < -0.3 is 15.5 Å². The van der Waals surface area contributed by atoms with Crippen LogP contribution >= 0.6 is 0 Å². The van der Waals surface area contributed by atoms with Crippen LogP contribution in [-0.4, -0.2) is 34.9 Å². The molecular weight excluding hydrogens is 443 g/mol. The largest absolute Gasteiger partial charge is 0.416 e. The third-order valence-corrected chi connectivity index (χ3v) is 6.44. The van der Waals surface area contributed by atoms with Crippen molar-refractivity contribution in [3.05, 3.63) is 59.7 Å². The Morgan fingerprint density at radius 3 is 2.71 bits per heavy atom. The van der Waals surface area contributed by atoms with Crippen molar-refractivity contribution in [1.82, 2.24) is 5.32 Å². The Labute approximate surface area is 201 Å². The molecule has 0 aliphatic heterocycles. The van der Waals surface area contributed by atoms with Crippen LogP contribution in [0.2, 0.25) is 0 Å². The monoisotopic (exact) mass is 481 g/mol. The molecule has 2 rings (SSSR count). The molecule has 0 bridgehead atoms. The molecule has 0 radical (unpaired) electrons. The van der Waals surface area contributed by atoms with Gasteiger partial charge in [-0.05, 0) is 62.5 Å². The number of nitrogens with one attached hydrogen (secondary N) is 1. The molecule has 4 nitrogen and oxygen atoms in total. The number of rotatable bonds is 12. The number of hydrogen-bond acceptors (Lipinski definition) is 3. The number of carbonyl (C=O) groups excluding carboxylic acids is 1. The number of aryl methyl sites for hydroxylation is 1. The Bertz CT molecular complexity index is 822. The highest BCUT2D eigenvalue weighted by atomic mass is 19.4. The van der Waals surface area contributed by atoms with E-state index in [2.05, 4.69) is 5.32 Å². The Hall–Kier alpha value is -2.12. The van der Waals surface area contributed by atoms with Gasteiger partial charge in [-0.1, -0.05) is 49.4 Å². The van der Waals surface area contributed by atoms with Crippen LogP contribution in [0.3, 0.4) is 0 Å². The first-order valence-corrected chi connectivity index (χ1v) is 12.2. The summed E-state index contributed by atoms with van der Waals surface area (Å²) in [5.74, 6) is -0.0601. The Morgan fingerprint density at radius 1 is 1.24 bits per heavy atom. The lowest BCUT2D eigenvalue weighted by Crippen LogP contribution is -2.21. The summed E-state index contributed by atoms with van der Waals surface area (Å²) < 4.78 is 38.7. The molecular formula is C27H38F3NO3. The molecule has 34 heavy (non-hydrogen) atoms. The van der Waals surface area contributed by atoms with Gasteiger partial charge in [0.05, 0.1) is 17.8 Å². The van der Waals surface area contributed by atoms with Crippen LogP contribution in [0.25, 0.3) is 0 Å². The van der Waals surface area contributed by atoms with Gasteiger partial charge >= 0.3 is 6.18 Å². The average Bonchev–Trinajstić information content (AvgIpc) is 3.05. The second-order valence-electron chi connectivity index (χ2n) is 9.26. The molecule has 1 aromatic rings. The van der Waals surface area contributed by atoms with Crippen LogP contribution < -0.4 is 5.32 Å². The number of alkyl halides is 3. The van der Waals surface area contributed by atoms with Gasteiger partial charge in [0, 0.05) is 25.3 Å². The van der Waals surface area contributed by atoms with E-state index in [-0.39, 0.29) is 23.7 Å². The molecule has 1 fully saturated rings. The number of allylic oxidation sites excluding steroid dienone is 3. The van der Waals surface area contributed by atoms with Crippen molar-refractivity contribution in [3.8, 4) is 0 Å². The molecule has 1 saturated carbocycles. The Kier molecular flexibility index (Phi) is 11.3. The van der Waals surface area contributed by atoms with Crippen molar-refractivity contribution < 1.29 is 28.2 Å². The fourth-order valence-electron chi connectivity index (χ4n) is 4.46. The zero-order valence-corrected chi connectivity index (χ0v) is 20.1. The van der Waals surface area contributed by atoms with Crippen LogP contribution in [0.15, 0.2) is 48.6 Å². The molecule has 0 heterocycles. The summed E-state index contributed by atoms with van der Waals surface area (Å²) in [7, 11) is 0. The third-order valence-electron chi connectivity index (χ3n) is 6.44. The maximum absolute atomic E-state index is 12.9. The third kappa shape index (κ3) is 9.26. The molecule has 5 atom stereocenters. The van der Waals surface area contributed by atoms with Gasteiger partial charge in [0.25, 0.3) is 0 Å². The lowest BCUT2D eigenvalue weighted by Gasteiger charge is -2.20. The maximum atomic E-state index is 12.9. The van der Waals surface area contributed by atoms with Crippen molar-refractivity contribution in [2.45, 2.75) is 77.2 Å². The first kappa shape index (κ1) is 28.1. The first-order chi connectivity index (χ1) is 16.1. The Morgan fingerprint density at radius 2 is 2.00 bits per heavy atom. The minimum Gasteiger partial charge on any atom is -0.393 e. The van der Waals surface area contributed by atoms with E-state index in [9.17, 15) is 28.2 Å². The highest BCUT2D eigenvalue weighted by Gasteiger charge is 2.39. The van der Waals surface area contributed by atoms with E-state index >= 15 is 0 Å². The summed E-state index contributed by atoms with van der Waals surface area (Å²) in [5.41, 5.74) is 0.0259. The molecule has 3 N–H and O–H groups in total. The van der Waals surface area contributed by atoms with Crippen LogP contribution in [0.4, 0.5) is 13.2 Å². The number of aliphatic hydroxyl groups is 2. The number of amides is 1. The summed E-state index contributed by atoms with van der Waals surface area (Å²) in [6.45, 7) is 4.53. The topological polar surface area (TPSA) is 69.6 Å². The quantitative estimate of drug-likeness (QED) is 0.275. The highest BCUT2D eigenvalue weighted by molar-refractivity contribution is 5.75. The molecule has 1 aliphatic rings. The number of halogens is 3. The van der Waals surface area contributed by atoms with Crippen LogP contribution in [0, 0.1) is 17.8 Å². The molecule has 1 aliphatic carbocycles. The molecule has 0 aromatic heterocycles. The van der Waals surface area contributed by atoms with Gasteiger partial charge in [-0.3, -0.25) is 4.79 Å². The number of hydrogen-bond donors (Lipinski definition) is 3. The maximum Gasteiger partial charge on any atom is 0.416 e.